The van der Waals surface area contributed by atoms with Crippen molar-refractivity contribution in [1.82, 2.24) is 19.7 Å². The second-order valence-electron chi connectivity index (χ2n) is 3.63. The molecule has 0 fully saturated rings. The van der Waals surface area contributed by atoms with Gasteiger partial charge in [0, 0.05) is 13.0 Å². The maximum Gasteiger partial charge on any atom is 0.163 e. The largest absolute Gasteiger partial charge is 0.383 e. The molecule has 5 nitrogen and oxygen atoms in total. The fourth-order valence-corrected chi connectivity index (χ4v) is 1.32. The van der Waals surface area contributed by atoms with Crippen LogP contribution >= 0.6 is 0 Å². The van der Waals surface area contributed by atoms with Gasteiger partial charge < -0.3 is 5.73 Å². The second kappa shape index (κ2) is 2.94. The van der Waals surface area contributed by atoms with Crippen LogP contribution in [0.15, 0.2) is 6.20 Å². The van der Waals surface area contributed by atoms with E-state index < -0.39 is 0 Å². The lowest BCUT2D eigenvalue weighted by atomic mass is 10.2. The first-order chi connectivity index (χ1) is 6.59. The molecule has 2 heterocycles. The van der Waals surface area contributed by atoms with E-state index in [9.17, 15) is 0 Å². The van der Waals surface area contributed by atoms with Gasteiger partial charge in [0.05, 0.1) is 11.6 Å². The van der Waals surface area contributed by atoms with E-state index in [1.54, 1.807) is 10.9 Å². The van der Waals surface area contributed by atoms with Gasteiger partial charge in [0.25, 0.3) is 0 Å². The monoisotopic (exact) mass is 191 g/mol. The first-order valence-electron chi connectivity index (χ1n) is 4.54. The summed E-state index contributed by atoms with van der Waals surface area (Å²) in [6, 6.07) is 0. The van der Waals surface area contributed by atoms with Crippen molar-refractivity contribution in [2.45, 2.75) is 19.8 Å². The molecule has 0 radical (unpaired) electrons. The SMILES string of the molecule is CC(C)c1nc(N)c2cnn(C)c2n1. The van der Waals surface area contributed by atoms with Gasteiger partial charge in [0.2, 0.25) is 0 Å². The molecule has 0 atom stereocenters. The van der Waals surface area contributed by atoms with Crippen molar-refractivity contribution in [3.63, 3.8) is 0 Å². The number of nitrogens with two attached hydrogens (primary N) is 1. The van der Waals surface area contributed by atoms with Gasteiger partial charge in [-0.1, -0.05) is 13.8 Å². The minimum atomic E-state index is 0.275. The number of rotatable bonds is 1. The molecule has 0 aliphatic carbocycles. The average Bonchev–Trinajstić information content (AvgIpc) is 2.48. The van der Waals surface area contributed by atoms with Crippen LogP contribution in [0.3, 0.4) is 0 Å². The zero-order valence-corrected chi connectivity index (χ0v) is 8.52. The Balaban J connectivity index is 2.75. The molecular formula is C9H13N5. The van der Waals surface area contributed by atoms with Crippen LogP contribution in [0, 0.1) is 0 Å². The molecule has 2 aromatic rings. The predicted molar refractivity (Wildman–Crippen MR) is 54.8 cm³/mol. The van der Waals surface area contributed by atoms with E-state index >= 15 is 0 Å². The van der Waals surface area contributed by atoms with E-state index in [1.165, 1.54) is 0 Å². The van der Waals surface area contributed by atoms with E-state index in [0.717, 1.165) is 16.9 Å². The number of anilines is 1. The number of hydrogen-bond acceptors (Lipinski definition) is 4. The Bertz CT molecular complexity index is 471. The summed E-state index contributed by atoms with van der Waals surface area (Å²) in [5.41, 5.74) is 6.60. The molecule has 0 amide bonds. The lowest BCUT2D eigenvalue weighted by Gasteiger charge is -2.05. The highest BCUT2D eigenvalue weighted by molar-refractivity contribution is 5.84. The molecular weight excluding hydrogens is 178 g/mol. The van der Waals surface area contributed by atoms with E-state index in [0.29, 0.717) is 5.82 Å². The third-order valence-electron chi connectivity index (χ3n) is 2.16. The molecule has 0 aliphatic rings. The maximum absolute atomic E-state index is 5.80. The predicted octanol–water partition coefficient (Wildman–Crippen LogP) is 1.07. The molecule has 0 bridgehead atoms. The summed E-state index contributed by atoms with van der Waals surface area (Å²) in [6.07, 6.45) is 1.69. The topological polar surface area (TPSA) is 69.6 Å². The van der Waals surface area contributed by atoms with Crippen molar-refractivity contribution in [3.8, 4) is 0 Å². The van der Waals surface area contributed by atoms with Gasteiger partial charge in [-0.3, -0.25) is 4.68 Å². The van der Waals surface area contributed by atoms with Crippen LogP contribution in [0.25, 0.3) is 11.0 Å². The maximum atomic E-state index is 5.80. The van der Waals surface area contributed by atoms with Crippen molar-refractivity contribution >= 4 is 16.9 Å². The molecule has 0 saturated heterocycles. The first-order valence-corrected chi connectivity index (χ1v) is 4.54. The molecule has 2 N–H and O–H groups in total. The zero-order valence-electron chi connectivity index (χ0n) is 8.52. The van der Waals surface area contributed by atoms with Gasteiger partial charge in [0.15, 0.2) is 5.65 Å². The van der Waals surface area contributed by atoms with E-state index in [1.807, 2.05) is 20.9 Å². The smallest absolute Gasteiger partial charge is 0.163 e. The number of fused-ring (bicyclic) bond motifs is 1. The second-order valence-corrected chi connectivity index (χ2v) is 3.63. The summed E-state index contributed by atoms with van der Waals surface area (Å²) in [6.45, 7) is 4.08. The summed E-state index contributed by atoms with van der Waals surface area (Å²) in [4.78, 5) is 8.63. The average molecular weight is 191 g/mol. The molecule has 14 heavy (non-hydrogen) atoms. The minimum absolute atomic E-state index is 0.275. The van der Waals surface area contributed by atoms with Crippen molar-refractivity contribution in [2.75, 3.05) is 5.73 Å². The standard InChI is InChI=1S/C9H13N5/c1-5(2)8-12-7(10)6-4-11-14(3)9(6)13-8/h4-5H,1-3H3,(H2,10,12,13). The van der Waals surface area contributed by atoms with Crippen molar-refractivity contribution < 1.29 is 0 Å². The zero-order chi connectivity index (χ0) is 10.3. The number of aromatic nitrogens is 4. The van der Waals surface area contributed by atoms with E-state index in [4.69, 9.17) is 5.73 Å². The number of nitrogen functional groups attached to an aromatic ring is 1. The third-order valence-corrected chi connectivity index (χ3v) is 2.16. The molecule has 0 spiro atoms. The summed E-state index contributed by atoms with van der Waals surface area (Å²) in [7, 11) is 1.85. The van der Waals surface area contributed by atoms with E-state index in [2.05, 4.69) is 15.1 Å². The normalized spacial score (nSPS) is 11.4. The van der Waals surface area contributed by atoms with Crippen LogP contribution < -0.4 is 5.73 Å². The Kier molecular flexibility index (Phi) is 1.87. The van der Waals surface area contributed by atoms with Crippen LogP contribution in [0.5, 0.6) is 0 Å². The summed E-state index contributed by atoms with van der Waals surface area (Å²) < 4.78 is 1.71. The van der Waals surface area contributed by atoms with Crippen molar-refractivity contribution in [2.24, 2.45) is 7.05 Å². The summed E-state index contributed by atoms with van der Waals surface area (Å²) in [5, 5.41) is 4.91. The third kappa shape index (κ3) is 1.21. The lowest BCUT2D eigenvalue weighted by Crippen LogP contribution is -2.03. The van der Waals surface area contributed by atoms with Gasteiger partial charge in [-0.2, -0.15) is 5.10 Å². The Morgan fingerprint density at radius 3 is 2.71 bits per heavy atom. The highest BCUT2D eigenvalue weighted by Crippen LogP contribution is 2.19. The molecule has 2 aromatic heterocycles. The number of aryl methyl sites for hydroxylation is 1. The molecule has 0 saturated carbocycles. The first kappa shape index (κ1) is 8.93. The molecule has 5 heteroatoms. The molecule has 0 unspecified atom stereocenters. The fourth-order valence-electron chi connectivity index (χ4n) is 1.32. The molecule has 0 aliphatic heterocycles. The minimum Gasteiger partial charge on any atom is -0.383 e. The van der Waals surface area contributed by atoms with Gasteiger partial charge in [0.1, 0.15) is 11.6 Å². The highest BCUT2D eigenvalue weighted by Gasteiger charge is 2.10. The van der Waals surface area contributed by atoms with Crippen LogP contribution in [0.4, 0.5) is 5.82 Å². The van der Waals surface area contributed by atoms with Crippen LogP contribution in [-0.2, 0) is 7.05 Å². The fraction of sp³-hybridized carbons (Fsp3) is 0.444. The number of nitrogens with zero attached hydrogens (tertiary/aromatic N) is 4. The Morgan fingerprint density at radius 2 is 2.07 bits per heavy atom. The highest BCUT2D eigenvalue weighted by atomic mass is 15.3. The van der Waals surface area contributed by atoms with Crippen LogP contribution in [0.2, 0.25) is 0 Å². The van der Waals surface area contributed by atoms with Crippen molar-refractivity contribution in [1.29, 1.82) is 0 Å². The van der Waals surface area contributed by atoms with Crippen LogP contribution in [0.1, 0.15) is 25.6 Å². The number of hydrogen-bond donors (Lipinski definition) is 1. The Hall–Kier alpha value is -1.65. The van der Waals surface area contributed by atoms with Gasteiger partial charge in [-0.15, -0.1) is 0 Å². The molecule has 0 aromatic carbocycles. The Morgan fingerprint density at radius 1 is 1.36 bits per heavy atom. The van der Waals surface area contributed by atoms with E-state index in [-0.39, 0.29) is 5.92 Å². The van der Waals surface area contributed by atoms with Gasteiger partial charge in [-0.05, 0) is 0 Å². The van der Waals surface area contributed by atoms with Gasteiger partial charge >= 0.3 is 0 Å². The molecule has 74 valence electrons. The Labute approximate surface area is 82.0 Å². The van der Waals surface area contributed by atoms with Crippen molar-refractivity contribution in [3.05, 3.63) is 12.0 Å². The summed E-state index contributed by atoms with van der Waals surface area (Å²) in [5.74, 6) is 1.54. The summed E-state index contributed by atoms with van der Waals surface area (Å²) >= 11 is 0. The van der Waals surface area contributed by atoms with Crippen LogP contribution in [-0.4, -0.2) is 19.7 Å². The lowest BCUT2D eigenvalue weighted by molar-refractivity contribution is 0.753. The molecule has 2 rings (SSSR count). The quantitative estimate of drug-likeness (QED) is 0.732. The van der Waals surface area contributed by atoms with Gasteiger partial charge in [-0.25, -0.2) is 9.97 Å².